The van der Waals surface area contributed by atoms with Gasteiger partial charge in [0.25, 0.3) is 5.91 Å². The number of halogens is 1. The Morgan fingerprint density at radius 3 is 2.40 bits per heavy atom. The molecule has 0 bridgehead atoms. The van der Waals surface area contributed by atoms with Crippen molar-refractivity contribution in [1.82, 2.24) is 9.88 Å². The molecule has 0 saturated carbocycles. The molecule has 40 heavy (non-hydrogen) atoms. The maximum Gasteiger partial charge on any atom is 0.524 e. The van der Waals surface area contributed by atoms with Crippen LogP contribution in [0.3, 0.4) is 0 Å². The first-order chi connectivity index (χ1) is 18.5. The third-order valence-corrected chi connectivity index (χ3v) is 7.31. The normalized spacial score (nSPS) is 12.8. The van der Waals surface area contributed by atoms with Crippen LogP contribution in [0.5, 0.6) is 5.75 Å². The number of hydrogen-bond donors (Lipinski definition) is 6. The predicted molar refractivity (Wildman–Crippen MR) is 149 cm³/mol. The highest BCUT2D eigenvalue weighted by Crippen LogP contribution is 2.43. The van der Waals surface area contributed by atoms with Crippen molar-refractivity contribution in [3.8, 4) is 16.9 Å². The van der Waals surface area contributed by atoms with E-state index in [1.165, 1.54) is 18.2 Å². The zero-order valence-electron chi connectivity index (χ0n) is 22.5. The fourth-order valence-corrected chi connectivity index (χ4v) is 5.53. The second kappa shape index (κ2) is 14.6. The van der Waals surface area contributed by atoms with E-state index in [4.69, 9.17) is 27.1 Å². The largest absolute Gasteiger partial charge is 0.524 e. The van der Waals surface area contributed by atoms with Crippen LogP contribution in [0.25, 0.3) is 11.1 Å². The van der Waals surface area contributed by atoms with Crippen LogP contribution in [0, 0.1) is 12.8 Å². The Kier molecular flexibility index (Phi) is 12.4. The van der Waals surface area contributed by atoms with Gasteiger partial charge in [-0.05, 0) is 43.4 Å². The smallest absolute Gasteiger partial charge is 0.403 e. The lowest BCUT2D eigenvalue weighted by Gasteiger charge is -2.17. The molecule has 13 nitrogen and oxygen atoms in total. The average molecular weight is 624 g/mol. The number of nitrogens with one attached hydrogen (secondary N) is 1. The molecule has 1 unspecified atom stereocenters. The van der Waals surface area contributed by atoms with E-state index >= 15 is 0 Å². The van der Waals surface area contributed by atoms with Gasteiger partial charge < -0.3 is 29.9 Å². The molecule has 0 saturated heterocycles. The summed E-state index contributed by atoms with van der Waals surface area (Å²) in [5.41, 5.74) is 7.83. The number of hydrogen-bond acceptors (Lipinski definition) is 6. The number of phosphoric acid groups is 2. The summed E-state index contributed by atoms with van der Waals surface area (Å²) in [6.07, 6.45) is 2.51. The van der Waals surface area contributed by atoms with Crippen molar-refractivity contribution in [2.24, 2.45) is 11.7 Å². The Labute approximate surface area is 237 Å². The zero-order valence-corrected chi connectivity index (χ0v) is 25.0. The molecule has 2 aromatic rings. The number of phosphoric ester groups is 2. The zero-order chi connectivity index (χ0) is 30.3. The average Bonchev–Trinajstić information content (AvgIpc) is 3.07. The summed E-state index contributed by atoms with van der Waals surface area (Å²) >= 11 is 6.32. The van der Waals surface area contributed by atoms with Gasteiger partial charge in [0.15, 0.2) is 0 Å². The van der Waals surface area contributed by atoms with E-state index in [-0.39, 0.29) is 49.2 Å². The Morgan fingerprint density at radius 1 is 1.18 bits per heavy atom. The molecule has 0 aliphatic heterocycles. The monoisotopic (exact) mass is 623 g/mol. The minimum atomic E-state index is -4.87. The lowest BCUT2D eigenvalue weighted by Crippen LogP contribution is -2.28. The summed E-state index contributed by atoms with van der Waals surface area (Å²) in [5, 5.41) is 2.61. The van der Waals surface area contributed by atoms with Crippen molar-refractivity contribution < 1.29 is 47.3 Å². The molecular formula is C24H36ClN3O10P2. The van der Waals surface area contributed by atoms with Crippen molar-refractivity contribution in [3.05, 3.63) is 40.2 Å². The number of carbonyl (C=O) groups excluding carboxylic acids is 2. The highest BCUT2D eigenvalue weighted by molar-refractivity contribution is 7.46. The van der Waals surface area contributed by atoms with Crippen molar-refractivity contribution in [3.63, 3.8) is 0 Å². The van der Waals surface area contributed by atoms with Crippen LogP contribution in [0.4, 0.5) is 0 Å². The summed E-state index contributed by atoms with van der Waals surface area (Å²) in [7, 11) is -9.52. The van der Waals surface area contributed by atoms with E-state index in [1.807, 2.05) is 4.57 Å². The Balaban J connectivity index is 2.68. The number of aromatic nitrogens is 1. The fourth-order valence-electron chi connectivity index (χ4n) is 4.48. The van der Waals surface area contributed by atoms with Crippen molar-refractivity contribution in [2.45, 2.75) is 59.4 Å². The molecule has 0 aliphatic carbocycles. The number of nitrogens with two attached hydrogens (primary N) is 1. The molecule has 1 aromatic carbocycles. The molecule has 224 valence electrons. The molecular weight excluding hydrogens is 588 g/mol. The fraction of sp³-hybridized carbons (Fsp3) is 0.500. The highest BCUT2D eigenvalue weighted by Gasteiger charge is 2.28. The third kappa shape index (κ3) is 10.3. The third-order valence-electron chi connectivity index (χ3n) is 6.06. The van der Waals surface area contributed by atoms with Gasteiger partial charge in [-0.3, -0.25) is 23.9 Å². The molecule has 2 amide bonds. The summed E-state index contributed by atoms with van der Waals surface area (Å²) in [6.45, 7) is 5.91. The number of carbonyl (C=O) groups is 2. The molecule has 0 aliphatic rings. The van der Waals surface area contributed by atoms with E-state index in [9.17, 15) is 28.5 Å². The van der Waals surface area contributed by atoms with Gasteiger partial charge in [0, 0.05) is 36.5 Å². The van der Waals surface area contributed by atoms with Crippen LogP contribution in [0.15, 0.2) is 18.2 Å². The van der Waals surface area contributed by atoms with Crippen molar-refractivity contribution in [1.29, 1.82) is 0 Å². The number of nitrogens with zero attached hydrogens (tertiary/aromatic N) is 1. The Morgan fingerprint density at radius 2 is 1.85 bits per heavy atom. The first-order valence-electron chi connectivity index (χ1n) is 12.6. The highest BCUT2D eigenvalue weighted by atomic mass is 35.5. The minimum Gasteiger partial charge on any atom is -0.403 e. The topological polar surface area (TPSA) is 211 Å². The Hall–Kier alpha value is -2.21. The molecule has 0 fully saturated rings. The van der Waals surface area contributed by atoms with Gasteiger partial charge in [-0.15, -0.1) is 0 Å². The maximum atomic E-state index is 13.5. The van der Waals surface area contributed by atoms with Crippen LogP contribution in [-0.4, -0.2) is 49.1 Å². The molecule has 1 heterocycles. The molecule has 7 N–H and O–H groups in total. The van der Waals surface area contributed by atoms with Gasteiger partial charge in [-0.2, -0.15) is 0 Å². The van der Waals surface area contributed by atoms with Crippen LogP contribution in [0.2, 0.25) is 5.02 Å². The lowest BCUT2D eigenvalue weighted by molar-refractivity contribution is -0.117. The Bertz CT molecular complexity index is 1300. The molecule has 16 heteroatoms. The second-order valence-corrected chi connectivity index (χ2v) is 12.2. The first-order valence-corrected chi connectivity index (χ1v) is 16.0. The second-order valence-electron chi connectivity index (χ2n) is 9.41. The minimum absolute atomic E-state index is 0.00570. The van der Waals surface area contributed by atoms with Crippen molar-refractivity contribution in [2.75, 3.05) is 13.2 Å². The van der Waals surface area contributed by atoms with E-state index in [2.05, 4.69) is 28.2 Å². The SMILES string of the molecule is CCCC(C)Cc1c(-c2ccc(OP(=O)(O)O)c(Cl)c2)c(C(=O)NCCC(N)=O)c(C)n1CCCOP(=O)(O)O. The van der Waals surface area contributed by atoms with E-state index in [0.29, 0.717) is 28.8 Å². The molecule has 1 atom stereocenters. The first kappa shape index (κ1) is 34.0. The van der Waals surface area contributed by atoms with Crippen LogP contribution < -0.4 is 15.6 Å². The standard InChI is InChI=1S/C24H36ClN3O10P2/c1-4-6-15(2)13-19-23(17-7-8-20(18(25)14-17)38-40(34,35)36)22(24(30)27-10-9-21(26)29)16(3)28(19)11-5-12-37-39(31,32)33/h7-8,14-15H,4-6,9-13H2,1-3H3,(H2,26,29)(H,27,30)(H2,31,32,33)(H2,34,35,36). The number of primary amides is 1. The van der Waals surface area contributed by atoms with Crippen LogP contribution in [0.1, 0.15) is 61.3 Å². The number of benzene rings is 1. The quantitative estimate of drug-likeness (QED) is 0.118. The van der Waals surface area contributed by atoms with Gasteiger partial charge in [-0.1, -0.05) is 44.4 Å². The summed E-state index contributed by atoms with van der Waals surface area (Å²) in [4.78, 5) is 61.1. The number of rotatable bonds is 16. The van der Waals surface area contributed by atoms with E-state index in [0.717, 1.165) is 18.5 Å². The van der Waals surface area contributed by atoms with E-state index < -0.39 is 27.5 Å². The molecule has 0 radical (unpaired) electrons. The van der Waals surface area contributed by atoms with Gasteiger partial charge >= 0.3 is 15.6 Å². The molecule has 0 spiro atoms. The summed E-state index contributed by atoms with van der Waals surface area (Å²) in [6, 6.07) is 4.27. The number of amides is 2. The lowest BCUT2D eigenvalue weighted by atomic mass is 9.93. The van der Waals surface area contributed by atoms with Gasteiger partial charge in [-0.25, -0.2) is 9.13 Å². The van der Waals surface area contributed by atoms with Gasteiger partial charge in [0.1, 0.15) is 5.75 Å². The molecule has 1 aromatic heterocycles. The van der Waals surface area contributed by atoms with E-state index in [1.54, 1.807) is 6.92 Å². The van der Waals surface area contributed by atoms with Gasteiger partial charge in [0.05, 0.1) is 17.2 Å². The van der Waals surface area contributed by atoms with Gasteiger partial charge in [0.2, 0.25) is 5.91 Å². The molecule has 2 rings (SSSR count). The summed E-state index contributed by atoms with van der Waals surface area (Å²) < 4.78 is 33.6. The van der Waals surface area contributed by atoms with Crippen LogP contribution in [-0.2, 0) is 31.4 Å². The maximum absolute atomic E-state index is 13.5. The van der Waals surface area contributed by atoms with Crippen molar-refractivity contribution >= 4 is 39.1 Å². The van der Waals surface area contributed by atoms with Crippen LogP contribution >= 0.6 is 27.2 Å². The summed E-state index contributed by atoms with van der Waals surface area (Å²) in [5.74, 6) is -1.10. The predicted octanol–water partition coefficient (Wildman–Crippen LogP) is 3.67.